The molecule has 0 spiro atoms. The van der Waals surface area contributed by atoms with E-state index in [9.17, 15) is 18.0 Å². The molecule has 0 saturated carbocycles. The largest absolute Gasteiger partial charge is 0.339 e. The van der Waals surface area contributed by atoms with Crippen molar-refractivity contribution in [2.75, 3.05) is 26.2 Å². The zero-order valence-electron chi connectivity index (χ0n) is 20.1. The first-order valence-electron chi connectivity index (χ1n) is 11.8. The second-order valence-corrected chi connectivity index (χ2v) is 10.3. The number of benzene rings is 2. The van der Waals surface area contributed by atoms with Gasteiger partial charge in [0.15, 0.2) is 0 Å². The van der Waals surface area contributed by atoms with Crippen LogP contribution in [0.25, 0.3) is 0 Å². The number of nitrogens with one attached hydrogen (secondary N) is 2. The highest BCUT2D eigenvalue weighted by molar-refractivity contribution is 7.89. The lowest BCUT2D eigenvalue weighted by atomic mass is 10.1. The van der Waals surface area contributed by atoms with Crippen LogP contribution in [-0.2, 0) is 16.6 Å². The van der Waals surface area contributed by atoms with E-state index in [1.807, 2.05) is 43.9 Å². The summed E-state index contributed by atoms with van der Waals surface area (Å²) in [6, 6.07) is 13.2. The first-order valence-corrected chi connectivity index (χ1v) is 13.2. The Kier molecular flexibility index (Phi) is 8.68. The predicted molar refractivity (Wildman–Crippen MR) is 132 cm³/mol. The van der Waals surface area contributed by atoms with E-state index >= 15 is 0 Å². The fraction of sp³-hybridized carbons (Fsp3) is 0.440. The molecule has 0 bridgehead atoms. The highest BCUT2D eigenvalue weighted by Crippen LogP contribution is 2.19. The number of rotatable bonds is 9. The number of urea groups is 1. The normalized spacial score (nSPS) is 14.8. The van der Waals surface area contributed by atoms with Crippen molar-refractivity contribution in [1.29, 1.82) is 0 Å². The van der Waals surface area contributed by atoms with Gasteiger partial charge in [0.05, 0.1) is 10.9 Å². The molecule has 2 aromatic carbocycles. The molecule has 1 fully saturated rings. The van der Waals surface area contributed by atoms with Crippen LogP contribution in [0.15, 0.2) is 53.4 Å². The molecular formula is C25H34N4O4S. The summed E-state index contributed by atoms with van der Waals surface area (Å²) in [5.41, 5.74) is 2.28. The molecule has 1 saturated heterocycles. The van der Waals surface area contributed by atoms with Gasteiger partial charge in [0.2, 0.25) is 10.0 Å². The zero-order valence-corrected chi connectivity index (χ0v) is 20.9. The molecule has 34 heavy (non-hydrogen) atoms. The molecular weight excluding hydrogens is 452 g/mol. The number of carbonyl (C=O) groups excluding carboxylic acids is 2. The van der Waals surface area contributed by atoms with E-state index in [0.29, 0.717) is 25.2 Å². The summed E-state index contributed by atoms with van der Waals surface area (Å²) >= 11 is 0. The minimum atomic E-state index is -3.51. The standard InChI is InChI=1S/C25H34N4O4S/c1-4-29(5-2)34(32,33)23-13-11-21(12-14-23)19(3)27-25(31)26-18-20-9-8-10-22(17-20)24(30)28-15-6-7-16-28/h8-14,17,19H,4-7,15-16,18H2,1-3H3,(H2,26,27,31). The molecule has 1 aliphatic heterocycles. The average Bonchev–Trinajstić information content (AvgIpc) is 3.38. The summed E-state index contributed by atoms with van der Waals surface area (Å²) in [4.78, 5) is 27.1. The quantitative estimate of drug-likeness (QED) is 0.567. The van der Waals surface area contributed by atoms with Gasteiger partial charge in [0, 0.05) is 38.3 Å². The SMILES string of the molecule is CCN(CC)S(=O)(=O)c1ccc(C(C)NC(=O)NCc2cccc(C(=O)N3CCCC3)c2)cc1. The number of carbonyl (C=O) groups is 2. The molecule has 9 heteroatoms. The van der Waals surface area contributed by atoms with Crippen LogP contribution in [0.5, 0.6) is 0 Å². The van der Waals surface area contributed by atoms with Crippen LogP contribution < -0.4 is 10.6 Å². The molecule has 2 aromatic rings. The predicted octanol–water partition coefficient (Wildman–Crippen LogP) is 3.51. The van der Waals surface area contributed by atoms with Gasteiger partial charge in [0.1, 0.15) is 0 Å². The van der Waals surface area contributed by atoms with Gasteiger partial charge >= 0.3 is 6.03 Å². The number of hydrogen-bond acceptors (Lipinski definition) is 4. The lowest BCUT2D eigenvalue weighted by molar-refractivity contribution is 0.0792. The van der Waals surface area contributed by atoms with Crippen LogP contribution in [0.4, 0.5) is 4.79 Å². The van der Waals surface area contributed by atoms with Crippen LogP contribution >= 0.6 is 0 Å². The number of amides is 3. The van der Waals surface area contributed by atoms with Crippen LogP contribution in [-0.4, -0.2) is 55.7 Å². The topological polar surface area (TPSA) is 98.8 Å². The molecule has 8 nitrogen and oxygen atoms in total. The summed E-state index contributed by atoms with van der Waals surface area (Å²) in [5.74, 6) is 0.0314. The monoisotopic (exact) mass is 486 g/mol. The van der Waals surface area contributed by atoms with Gasteiger partial charge in [-0.05, 0) is 55.2 Å². The fourth-order valence-corrected chi connectivity index (χ4v) is 5.53. The Balaban J connectivity index is 1.55. The first kappa shape index (κ1) is 25.7. The summed E-state index contributed by atoms with van der Waals surface area (Å²) < 4.78 is 26.7. The Hall–Kier alpha value is -2.91. The van der Waals surface area contributed by atoms with Gasteiger partial charge < -0.3 is 15.5 Å². The molecule has 0 aliphatic carbocycles. The van der Waals surface area contributed by atoms with Crippen LogP contribution in [0.2, 0.25) is 0 Å². The van der Waals surface area contributed by atoms with E-state index in [1.165, 1.54) is 4.31 Å². The molecule has 1 heterocycles. The summed E-state index contributed by atoms with van der Waals surface area (Å²) in [5, 5.41) is 5.69. The third-order valence-corrected chi connectivity index (χ3v) is 8.16. The molecule has 2 N–H and O–H groups in total. The van der Waals surface area contributed by atoms with E-state index in [2.05, 4.69) is 10.6 Å². The molecule has 1 aliphatic rings. The van der Waals surface area contributed by atoms with Crippen molar-refractivity contribution in [2.24, 2.45) is 0 Å². The molecule has 3 amide bonds. The van der Waals surface area contributed by atoms with Crippen molar-refractivity contribution in [3.63, 3.8) is 0 Å². The van der Waals surface area contributed by atoms with E-state index in [1.54, 1.807) is 30.3 Å². The minimum Gasteiger partial charge on any atom is -0.339 e. The van der Waals surface area contributed by atoms with Crippen molar-refractivity contribution in [3.05, 3.63) is 65.2 Å². The first-order chi connectivity index (χ1) is 16.3. The lowest BCUT2D eigenvalue weighted by Crippen LogP contribution is -2.36. The lowest BCUT2D eigenvalue weighted by Gasteiger charge is -2.19. The Morgan fingerprint density at radius 2 is 1.68 bits per heavy atom. The van der Waals surface area contributed by atoms with Gasteiger partial charge in [-0.3, -0.25) is 4.79 Å². The van der Waals surface area contributed by atoms with E-state index in [-0.39, 0.29) is 22.9 Å². The van der Waals surface area contributed by atoms with E-state index in [4.69, 9.17) is 0 Å². The maximum Gasteiger partial charge on any atom is 0.315 e. The van der Waals surface area contributed by atoms with E-state index < -0.39 is 10.0 Å². The smallest absolute Gasteiger partial charge is 0.315 e. The van der Waals surface area contributed by atoms with Crippen LogP contribution in [0.1, 0.15) is 61.1 Å². The maximum atomic E-state index is 12.6. The molecule has 184 valence electrons. The highest BCUT2D eigenvalue weighted by atomic mass is 32.2. The fourth-order valence-electron chi connectivity index (χ4n) is 4.07. The van der Waals surface area contributed by atoms with Crippen molar-refractivity contribution >= 4 is 22.0 Å². The number of likely N-dealkylation sites (tertiary alicyclic amines) is 1. The van der Waals surface area contributed by atoms with Crippen molar-refractivity contribution in [3.8, 4) is 0 Å². The van der Waals surface area contributed by atoms with Crippen molar-refractivity contribution in [2.45, 2.75) is 51.1 Å². The molecule has 1 atom stereocenters. The van der Waals surface area contributed by atoms with E-state index in [0.717, 1.165) is 37.1 Å². The molecule has 0 aromatic heterocycles. The molecule has 0 radical (unpaired) electrons. The van der Waals surface area contributed by atoms with Gasteiger partial charge in [-0.2, -0.15) is 4.31 Å². The Morgan fingerprint density at radius 3 is 2.29 bits per heavy atom. The van der Waals surface area contributed by atoms with Gasteiger partial charge in [-0.1, -0.05) is 38.1 Å². The van der Waals surface area contributed by atoms with Crippen molar-refractivity contribution < 1.29 is 18.0 Å². The third-order valence-electron chi connectivity index (χ3n) is 6.09. The van der Waals surface area contributed by atoms with Gasteiger partial charge in [-0.15, -0.1) is 0 Å². The average molecular weight is 487 g/mol. The second kappa shape index (κ2) is 11.5. The zero-order chi connectivity index (χ0) is 24.7. The Bertz CT molecular complexity index is 1090. The van der Waals surface area contributed by atoms with Crippen molar-refractivity contribution in [1.82, 2.24) is 19.8 Å². The van der Waals surface area contributed by atoms with Crippen LogP contribution in [0.3, 0.4) is 0 Å². The number of sulfonamides is 1. The minimum absolute atomic E-state index is 0.0314. The second-order valence-electron chi connectivity index (χ2n) is 8.41. The highest BCUT2D eigenvalue weighted by Gasteiger charge is 2.22. The van der Waals surface area contributed by atoms with Gasteiger partial charge in [0.25, 0.3) is 5.91 Å². The molecule has 3 rings (SSSR count). The Morgan fingerprint density at radius 1 is 1.03 bits per heavy atom. The molecule has 1 unspecified atom stereocenters. The summed E-state index contributed by atoms with van der Waals surface area (Å²) in [6.07, 6.45) is 2.08. The number of hydrogen-bond donors (Lipinski definition) is 2. The summed E-state index contributed by atoms with van der Waals surface area (Å²) in [7, 11) is -3.51. The van der Waals surface area contributed by atoms with Gasteiger partial charge in [-0.25, -0.2) is 13.2 Å². The summed E-state index contributed by atoms with van der Waals surface area (Å²) in [6.45, 7) is 8.16. The number of nitrogens with zero attached hydrogens (tertiary/aromatic N) is 2. The maximum absolute atomic E-state index is 12.6. The Labute approximate surface area is 202 Å². The third kappa shape index (κ3) is 6.15. The van der Waals surface area contributed by atoms with Crippen LogP contribution in [0, 0.1) is 0 Å².